The van der Waals surface area contributed by atoms with Crippen LogP contribution in [0, 0.1) is 6.92 Å². The Morgan fingerprint density at radius 1 is 1.31 bits per heavy atom. The second-order valence-corrected chi connectivity index (χ2v) is 7.70. The highest BCUT2D eigenvalue weighted by atomic mass is 32.2. The van der Waals surface area contributed by atoms with Gasteiger partial charge in [0.25, 0.3) is 0 Å². The zero-order valence-corrected chi connectivity index (χ0v) is 15.4. The van der Waals surface area contributed by atoms with Crippen LogP contribution in [0.25, 0.3) is 16.7 Å². The van der Waals surface area contributed by atoms with Crippen molar-refractivity contribution in [2.75, 3.05) is 16.8 Å². The second-order valence-electron chi connectivity index (χ2n) is 6.55. The molecule has 0 bridgehead atoms. The standard InChI is InChI=1S/C17H18N8S/c1-10-5-14-19-9-20-25(14)7-12(10)21-17-18-6-13-16(22-17)15(23-24(13)2)11-3-4-26-8-11/h5-7,9,11H,3-4,8H2,1-2H3,(H,18,21,22). The van der Waals surface area contributed by atoms with Crippen LogP contribution in [0.3, 0.4) is 0 Å². The molecule has 0 aliphatic carbocycles. The molecule has 26 heavy (non-hydrogen) atoms. The van der Waals surface area contributed by atoms with Gasteiger partial charge in [0.2, 0.25) is 5.95 Å². The second kappa shape index (κ2) is 5.94. The molecule has 0 radical (unpaired) electrons. The molecule has 0 amide bonds. The van der Waals surface area contributed by atoms with E-state index in [9.17, 15) is 0 Å². The van der Waals surface area contributed by atoms with Gasteiger partial charge in [0.1, 0.15) is 17.4 Å². The minimum absolute atomic E-state index is 0.472. The Balaban J connectivity index is 1.56. The summed E-state index contributed by atoms with van der Waals surface area (Å²) >= 11 is 1.98. The first kappa shape index (κ1) is 15.6. The summed E-state index contributed by atoms with van der Waals surface area (Å²) in [7, 11) is 1.95. The van der Waals surface area contributed by atoms with Gasteiger partial charge in [0.15, 0.2) is 5.65 Å². The molecule has 132 valence electrons. The number of fused-ring (bicyclic) bond motifs is 2. The summed E-state index contributed by atoms with van der Waals surface area (Å²) in [5, 5.41) is 12.2. The highest BCUT2D eigenvalue weighted by molar-refractivity contribution is 7.99. The van der Waals surface area contributed by atoms with Crippen LogP contribution in [0.1, 0.15) is 23.6 Å². The van der Waals surface area contributed by atoms with E-state index >= 15 is 0 Å². The van der Waals surface area contributed by atoms with Crippen molar-refractivity contribution in [3.8, 4) is 0 Å². The average molecular weight is 366 g/mol. The predicted octanol–water partition coefficient (Wildman–Crippen LogP) is 2.68. The van der Waals surface area contributed by atoms with Gasteiger partial charge in [-0.15, -0.1) is 0 Å². The van der Waals surface area contributed by atoms with Gasteiger partial charge in [0, 0.05) is 18.7 Å². The molecule has 4 aromatic heterocycles. The van der Waals surface area contributed by atoms with E-state index in [-0.39, 0.29) is 0 Å². The number of hydrogen-bond acceptors (Lipinski definition) is 7. The fourth-order valence-corrected chi connectivity index (χ4v) is 4.58. The molecule has 8 nitrogen and oxygen atoms in total. The molecule has 1 saturated heterocycles. The van der Waals surface area contributed by atoms with Crippen LogP contribution in [0.4, 0.5) is 11.6 Å². The van der Waals surface area contributed by atoms with Crippen molar-refractivity contribution < 1.29 is 0 Å². The number of rotatable bonds is 3. The predicted molar refractivity (Wildman–Crippen MR) is 102 cm³/mol. The fraction of sp³-hybridized carbons (Fsp3) is 0.353. The van der Waals surface area contributed by atoms with Crippen LogP contribution in [-0.4, -0.2) is 45.9 Å². The SMILES string of the molecule is Cc1cc2ncnn2cc1Nc1ncc2c(n1)c(C1CCSC1)nn2C. The maximum absolute atomic E-state index is 4.78. The zero-order chi connectivity index (χ0) is 17.7. The normalized spacial score (nSPS) is 17.4. The summed E-state index contributed by atoms with van der Waals surface area (Å²) in [5.41, 5.74) is 5.78. The highest BCUT2D eigenvalue weighted by Gasteiger charge is 2.24. The van der Waals surface area contributed by atoms with Crippen LogP contribution >= 0.6 is 11.8 Å². The Labute approximate surface area is 154 Å². The number of anilines is 2. The Morgan fingerprint density at radius 2 is 2.23 bits per heavy atom. The van der Waals surface area contributed by atoms with Gasteiger partial charge in [-0.25, -0.2) is 19.5 Å². The summed E-state index contributed by atoms with van der Waals surface area (Å²) in [6, 6.07) is 1.99. The van der Waals surface area contributed by atoms with E-state index in [1.54, 1.807) is 10.8 Å². The first-order valence-electron chi connectivity index (χ1n) is 8.53. The lowest BCUT2D eigenvalue weighted by atomic mass is 10.0. The molecule has 1 unspecified atom stereocenters. The van der Waals surface area contributed by atoms with Crippen LogP contribution in [-0.2, 0) is 7.05 Å². The molecule has 1 aliphatic heterocycles. The van der Waals surface area contributed by atoms with Crippen molar-refractivity contribution in [3.05, 3.63) is 36.0 Å². The number of aromatic nitrogens is 7. The monoisotopic (exact) mass is 366 g/mol. The molecule has 5 heterocycles. The van der Waals surface area contributed by atoms with Crippen molar-refractivity contribution in [2.45, 2.75) is 19.3 Å². The summed E-state index contributed by atoms with van der Waals surface area (Å²) in [5.74, 6) is 3.34. The molecule has 0 aromatic carbocycles. The fourth-order valence-electron chi connectivity index (χ4n) is 3.36. The smallest absolute Gasteiger partial charge is 0.227 e. The zero-order valence-electron chi connectivity index (χ0n) is 14.5. The summed E-state index contributed by atoms with van der Waals surface area (Å²) in [6.45, 7) is 2.03. The molecule has 1 N–H and O–H groups in total. The molecule has 1 atom stereocenters. The Bertz CT molecular complexity index is 1110. The van der Waals surface area contributed by atoms with E-state index in [1.807, 2.05) is 48.9 Å². The van der Waals surface area contributed by atoms with Gasteiger partial charge < -0.3 is 5.32 Å². The number of aryl methyl sites for hydroxylation is 2. The van der Waals surface area contributed by atoms with Crippen LogP contribution in [0.15, 0.2) is 24.8 Å². The van der Waals surface area contributed by atoms with Gasteiger partial charge in [-0.3, -0.25) is 4.68 Å². The van der Waals surface area contributed by atoms with Gasteiger partial charge >= 0.3 is 0 Å². The van der Waals surface area contributed by atoms with Gasteiger partial charge in [-0.2, -0.15) is 22.0 Å². The molecule has 0 spiro atoms. The molecule has 0 saturated carbocycles. The van der Waals surface area contributed by atoms with E-state index in [2.05, 4.69) is 20.4 Å². The lowest BCUT2D eigenvalue weighted by Gasteiger charge is -2.09. The van der Waals surface area contributed by atoms with Gasteiger partial charge in [-0.1, -0.05) is 0 Å². The van der Waals surface area contributed by atoms with Crippen molar-refractivity contribution in [1.82, 2.24) is 34.3 Å². The number of nitrogens with one attached hydrogen (secondary N) is 1. The third kappa shape index (κ3) is 2.50. The Kier molecular flexibility index (Phi) is 3.56. The maximum Gasteiger partial charge on any atom is 0.227 e. The number of nitrogens with zero attached hydrogens (tertiary/aromatic N) is 7. The van der Waals surface area contributed by atoms with Crippen molar-refractivity contribution in [3.63, 3.8) is 0 Å². The molecule has 1 aliphatic rings. The van der Waals surface area contributed by atoms with Gasteiger partial charge in [0.05, 0.1) is 23.8 Å². The molecular weight excluding hydrogens is 348 g/mol. The first-order chi connectivity index (χ1) is 12.7. The van der Waals surface area contributed by atoms with E-state index < -0.39 is 0 Å². The van der Waals surface area contributed by atoms with E-state index in [1.165, 1.54) is 5.75 Å². The summed E-state index contributed by atoms with van der Waals surface area (Å²) in [6.07, 6.45) is 6.45. The van der Waals surface area contributed by atoms with Crippen molar-refractivity contribution >= 4 is 40.1 Å². The number of hydrogen-bond donors (Lipinski definition) is 1. The summed E-state index contributed by atoms with van der Waals surface area (Å²) in [4.78, 5) is 13.5. The van der Waals surface area contributed by atoms with Gasteiger partial charge in [-0.05, 0) is 30.7 Å². The molecule has 9 heteroatoms. The quantitative estimate of drug-likeness (QED) is 0.596. The number of pyridine rings is 1. The van der Waals surface area contributed by atoms with Crippen LogP contribution in [0.5, 0.6) is 0 Å². The molecule has 5 rings (SSSR count). The average Bonchev–Trinajstić information content (AvgIpc) is 3.36. The first-order valence-corrected chi connectivity index (χ1v) is 9.69. The summed E-state index contributed by atoms with van der Waals surface area (Å²) < 4.78 is 3.61. The number of thioether (sulfide) groups is 1. The Morgan fingerprint density at radius 3 is 3.08 bits per heavy atom. The Hall–Kier alpha value is -2.68. The third-order valence-corrected chi connectivity index (χ3v) is 5.97. The largest absolute Gasteiger partial charge is 0.323 e. The van der Waals surface area contributed by atoms with Crippen LogP contribution < -0.4 is 5.32 Å². The van der Waals surface area contributed by atoms with Crippen molar-refractivity contribution in [2.24, 2.45) is 7.05 Å². The van der Waals surface area contributed by atoms with Crippen LogP contribution in [0.2, 0.25) is 0 Å². The highest BCUT2D eigenvalue weighted by Crippen LogP contribution is 2.35. The van der Waals surface area contributed by atoms with E-state index in [0.717, 1.165) is 45.8 Å². The minimum atomic E-state index is 0.472. The lowest BCUT2D eigenvalue weighted by Crippen LogP contribution is -2.02. The van der Waals surface area contributed by atoms with Crippen molar-refractivity contribution in [1.29, 1.82) is 0 Å². The molecular formula is C17H18N8S. The van der Waals surface area contributed by atoms with E-state index in [0.29, 0.717) is 11.9 Å². The topological polar surface area (TPSA) is 85.8 Å². The molecule has 1 fully saturated rings. The minimum Gasteiger partial charge on any atom is -0.323 e. The third-order valence-electron chi connectivity index (χ3n) is 4.80. The van der Waals surface area contributed by atoms with E-state index in [4.69, 9.17) is 10.1 Å². The maximum atomic E-state index is 4.78. The molecule has 4 aromatic rings. The lowest BCUT2D eigenvalue weighted by molar-refractivity contribution is 0.699.